The van der Waals surface area contributed by atoms with Crippen LogP contribution in [0, 0.1) is 0 Å². The van der Waals surface area contributed by atoms with Gasteiger partial charge in [-0.3, -0.25) is 0 Å². The predicted octanol–water partition coefficient (Wildman–Crippen LogP) is 3.54. The summed E-state index contributed by atoms with van der Waals surface area (Å²) in [5.41, 5.74) is 1.06. The Bertz CT molecular complexity index is 392. The first-order valence-corrected chi connectivity index (χ1v) is 5.87. The van der Waals surface area contributed by atoms with Crippen LogP contribution >= 0.6 is 0 Å². The number of hydrogen-bond acceptors (Lipinski definition) is 2. The van der Waals surface area contributed by atoms with Crippen LogP contribution in [-0.2, 0) is 4.74 Å². The van der Waals surface area contributed by atoms with Gasteiger partial charge in [0.25, 0.3) is 0 Å². The van der Waals surface area contributed by atoms with Crippen LogP contribution in [-0.4, -0.2) is 12.4 Å². The Balaban J connectivity index is 2.01. The van der Waals surface area contributed by atoms with E-state index in [2.05, 4.69) is 18.0 Å². The van der Waals surface area contributed by atoms with Crippen molar-refractivity contribution >= 4 is 5.90 Å². The Morgan fingerprint density at radius 1 is 1.25 bits per heavy atom. The van der Waals surface area contributed by atoms with Crippen molar-refractivity contribution in [2.24, 2.45) is 4.99 Å². The van der Waals surface area contributed by atoms with Crippen LogP contribution in [0.4, 0.5) is 0 Å². The van der Waals surface area contributed by atoms with Gasteiger partial charge < -0.3 is 4.74 Å². The molecule has 0 aliphatic carbocycles. The largest absolute Gasteiger partial charge is 0.443 e. The topological polar surface area (TPSA) is 21.6 Å². The fourth-order valence-electron chi connectivity index (χ4n) is 1.66. The summed E-state index contributed by atoms with van der Waals surface area (Å²) in [6.07, 6.45) is 5.46. The molecule has 1 aliphatic heterocycles. The Hall–Kier alpha value is -1.57. The van der Waals surface area contributed by atoms with E-state index < -0.39 is 0 Å². The van der Waals surface area contributed by atoms with Crippen molar-refractivity contribution in [3.05, 3.63) is 47.7 Å². The van der Waals surface area contributed by atoms with Gasteiger partial charge in [-0.05, 0) is 24.6 Å². The van der Waals surface area contributed by atoms with Crippen LogP contribution in [0.5, 0.6) is 0 Å². The molecule has 0 bridgehead atoms. The van der Waals surface area contributed by atoms with Crippen molar-refractivity contribution in [1.82, 2.24) is 0 Å². The molecule has 2 rings (SSSR count). The third-order valence-electron chi connectivity index (χ3n) is 2.58. The molecule has 1 aromatic rings. The minimum Gasteiger partial charge on any atom is -0.443 e. The number of rotatable bonds is 4. The smallest absolute Gasteiger partial charge is 0.221 e. The van der Waals surface area contributed by atoms with Gasteiger partial charge >= 0.3 is 0 Å². The lowest BCUT2D eigenvalue weighted by molar-refractivity contribution is 0.378. The normalized spacial score (nSPS) is 15.1. The van der Waals surface area contributed by atoms with Gasteiger partial charge in [0.1, 0.15) is 5.76 Å². The van der Waals surface area contributed by atoms with E-state index >= 15 is 0 Å². The SMILES string of the molecule is CCCCC1=CCN=C(c2ccccc2)O1. The van der Waals surface area contributed by atoms with Crippen molar-refractivity contribution in [1.29, 1.82) is 0 Å². The van der Waals surface area contributed by atoms with Gasteiger partial charge in [0.2, 0.25) is 5.90 Å². The maximum absolute atomic E-state index is 5.79. The summed E-state index contributed by atoms with van der Waals surface area (Å²) < 4.78 is 5.79. The first-order chi connectivity index (χ1) is 7.90. The van der Waals surface area contributed by atoms with E-state index in [1.54, 1.807) is 0 Å². The molecule has 0 fully saturated rings. The molecule has 0 saturated carbocycles. The van der Waals surface area contributed by atoms with Crippen LogP contribution in [0.15, 0.2) is 47.2 Å². The van der Waals surface area contributed by atoms with Gasteiger partial charge in [0.15, 0.2) is 0 Å². The van der Waals surface area contributed by atoms with Crippen molar-refractivity contribution in [3.8, 4) is 0 Å². The molecule has 0 atom stereocenters. The standard InChI is InChI=1S/C14H17NO/c1-2-3-9-13-10-11-15-14(16-13)12-7-5-4-6-8-12/h4-8,10H,2-3,9,11H2,1H3. The summed E-state index contributed by atoms with van der Waals surface area (Å²) >= 11 is 0. The average molecular weight is 215 g/mol. The van der Waals surface area contributed by atoms with Gasteiger partial charge in [-0.1, -0.05) is 31.5 Å². The molecule has 0 amide bonds. The number of benzene rings is 1. The van der Waals surface area contributed by atoms with E-state index in [0.717, 1.165) is 30.2 Å². The van der Waals surface area contributed by atoms with E-state index in [0.29, 0.717) is 0 Å². The van der Waals surface area contributed by atoms with E-state index in [1.165, 1.54) is 12.8 Å². The summed E-state index contributed by atoms with van der Waals surface area (Å²) in [6.45, 7) is 2.93. The van der Waals surface area contributed by atoms with Gasteiger partial charge in [-0.15, -0.1) is 0 Å². The van der Waals surface area contributed by atoms with Crippen molar-refractivity contribution in [2.75, 3.05) is 6.54 Å². The fourth-order valence-corrected chi connectivity index (χ4v) is 1.66. The average Bonchev–Trinajstić information content (AvgIpc) is 2.38. The third kappa shape index (κ3) is 2.72. The highest BCUT2D eigenvalue weighted by atomic mass is 16.5. The van der Waals surface area contributed by atoms with E-state index in [4.69, 9.17) is 4.74 Å². The Labute approximate surface area is 96.7 Å². The highest BCUT2D eigenvalue weighted by Crippen LogP contribution is 2.16. The summed E-state index contributed by atoms with van der Waals surface area (Å²) in [6, 6.07) is 10.1. The van der Waals surface area contributed by atoms with Crippen molar-refractivity contribution in [2.45, 2.75) is 26.2 Å². The number of unbranched alkanes of at least 4 members (excludes halogenated alkanes) is 1. The maximum atomic E-state index is 5.79. The third-order valence-corrected chi connectivity index (χ3v) is 2.58. The molecular weight excluding hydrogens is 198 g/mol. The number of aliphatic imine (C=N–C) groups is 1. The molecule has 0 aromatic heterocycles. The summed E-state index contributed by atoms with van der Waals surface area (Å²) in [5.74, 6) is 1.82. The quantitative estimate of drug-likeness (QED) is 0.752. The molecule has 0 N–H and O–H groups in total. The Morgan fingerprint density at radius 2 is 2.06 bits per heavy atom. The Morgan fingerprint density at radius 3 is 2.81 bits per heavy atom. The molecule has 0 spiro atoms. The summed E-state index contributed by atoms with van der Waals surface area (Å²) in [7, 11) is 0. The molecule has 84 valence electrons. The molecule has 0 radical (unpaired) electrons. The lowest BCUT2D eigenvalue weighted by atomic mass is 10.2. The Kier molecular flexibility index (Phi) is 3.76. The molecule has 0 saturated heterocycles. The maximum Gasteiger partial charge on any atom is 0.221 e. The highest BCUT2D eigenvalue weighted by Gasteiger charge is 2.11. The number of nitrogens with zero attached hydrogens (tertiary/aromatic N) is 1. The first kappa shape index (κ1) is 10.9. The molecule has 0 unspecified atom stereocenters. The minimum absolute atomic E-state index is 0.739. The lowest BCUT2D eigenvalue weighted by Gasteiger charge is -2.15. The van der Waals surface area contributed by atoms with E-state index in [-0.39, 0.29) is 0 Å². The lowest BCUT2D eigenvalue weighted by Crippen LogP contribution is -2.11. The first-order valence-electron chi connectivity index (χ1n) is 5.87. The fraction of sp³-hybridized carbons (Fsp3) is 0.357. The zero-order valence-corrected chi connectivity index (χ0v) is 9.65. The highest BCUT2D eigenvalue weighted by molar-refractivity contribution is 5.95. The van der Waals surface area contributed by atoms with Gasteiger partial charge in [0.05, 0.1) is 6.54 Å². The van der Waals surface area contributed by atoms with Crippen LogP contribution in [0.3, 0.4) is 0 Å². The molecule has 2 nitrogen and oxygen atoms in total. The molecule has 1 aliphatic rings. The zero-order valence-electron chi connectivity index (χ0n) is 9.65. The zero-order chi connectivity index (χ0) is 11.2. The van der Waals surface area contributed by atoms with Gasteiger partial charge in [-0.25, -0.2) is 4.99 Å². The second-order valence-electron chi connectivity index (χ2n) is 3.89. The van der Waals surface area contributed by atoms with E-state index in [9.17, 15) is 0 Å². The van der Waals surface area contributed by atoms with Gasteiger partial charge in [0, 0.05) is 12.0 Å². The summed E-state index contributed by atoms with van der Waals surface area (Å²) in [5, 5.41) is 0. The van der Waals surface area contributed by atoms with Crippen molar-refractivity contribution in [3.63, 3.8) is 0 Å². The van der Waals surface area contributed by atoms with Crippen molar-refractivity contribution < 1.29 is 4.74 Å². The van der Waals surface area contributed by atoms with Gasteiger partial charge in [-0.2, -0.15) is 0 Å². The van der Waals surface area contributed by atoms with Crippen LogP contribution in [0.2, 0.25) is 0 Å². The minimum atomic E-state index is 0.739. The van der Waals surface area contributed by atoms with Crippen LogP contribution in [0.25, 0.3) is 0 Å². The number of allylic oxidation sites excluding steroid dienone is 1. The summed E-state index contributed by atoms with van der Waals surface area (Å²) in [4.78, 5) is 4.38. The predicted molar refractivity (Wildman–Crippen MR) is 66.5 cm³/mol. The molecule has 1 aromatic carbocycles. The molecule has 16 heavy (non-hydrogen) atoms. The number of ether oxygens (including phenoxy) is 1. The molecule has 2 heteroatoms. The second kappa shape index (κ2) is 5.50. The molecule has 1 heterocycles. The van der Waals surface area contributed by atoms with Crippen LogP contribution < -0.4 is 0 Å². The monoisotopic (exact) mass is 215 g/mol. The van der Waals surface area contributed by atoms with Crippen LogP contribution in [0.1, 0.15) is 31.7 Å². The molecular formula is C14H17NO. The second-order valence-corrected chi connectivity index (χ2v) is 3.89. The number of hydrogen-bond donors (Lipinski definition) is 0. The van der Waals surface area contributed by atoms with E-state index in [1.807, 2.05) is 30.3 Å².